The highest BCUT2D eigenvalue weighted by molar-refractivity contribution is 4.80. The molecule has 1 fully saturated rings. The van der Waals surface area contributed by atoms with Gasteiger partial charge in [-0.3, -0.25) is 0 Å². The summed E-state index contributed by atoms with van der Waals surface area (Å²) >= 11 is 0. The molecule has 0 aliphatic heterocycles. The fraction of sp³-hybridized carbons (Fsp3) is 1.00. The zero-order valence-corrected chi connectivity index (χ0v) is 11.8. The molecular formula is C14H30N2. The maximum Gasteiger partial charge on any atom is 0.0186 e. The lowest BCUT2D eigenvalue weighted by molar-refractivity contribution is 0.216. The lowest BCUT2D eigenvalue weighted by Crippen LogP contribution is -2.42. The SMILES string of the molecule is CC(C)C1CCCC(NCC(C)N(C)C)C1. The summed E-state index contributed by atoms with van der Waals surface area (Å²) in [6, 6.07) is 1.41. The topological polar surface area (TPSA) is 15.3 Å². The molecule has 0 radical (unpaired) electrons. The van der Waals surface area contributed by atoms with Crippen molar-refractivity contribution in [2.75, 3.05) is 20.6 Å². The zero-order valence-electron chi connectivity index (χ0n) is 11.8. The molecule has 1 rings (SSSR count). The molecule has 0 bridgehead atoms. The molecular weight excluding hydrogens is 196 g/mol. The number of nitrogens with one attached hydrogen (secondary N) is 1. The van der Waals surface area contributed by atoms with Crippen molar-refractivity contribution in [3.63, 3.8) is 0 Å². The Morgan fingerprint density at radius 2 is 1.88 bits per heavy atom. The molecule has 1 aliphatic rings. The van der Waals surface area contributed by atoms with E-state index in [9.17, 15) is 0 Å². The van der Waals surface area contributed by atoms with Crippen molar-refractivity contribution in [3.05, 3.63) is 0 Å². The standard InChI is InChI=1S/C14H30N2/c1-11(2)13-7-6-8-14(9-13)15-10-12(3)16(4)5/h11-15H,6-10H2,1-5H3. The Labute approximate surface area is 102 Å². The fourth-order valence-electron chi connectivity index (χ4n) is 2.54. The maximum atomic E-state index is 3.75. The minimum absolute atomic E-state index is 0.638. The van der Waals surface area contributed by atoms with Crippen molar-refractivity contribution in [2.45, 2.75) is 58.5 Å². The molecule has 0 heterocycles. The molecule has 3 unspecified atom stereocenters. The molecule has 2 heteroatoms. The summed E-state index contributed by atoms with van der Waals surface area (Å²) in [5.41, 5.74) is 0. The van der Waals surface area contributed by atoms with Gasteiger partial charge in [-0.15, -0.1) is 0 Å². The largest absolute Gasteiger partial charge is 0.312 e. The van der Waals surface area contributed by atoms with E-state index in [1.165, 1.54) is 25.7 Å². The van der Waals surface area contributed by atoms with Gasteiger partial charge in [0.15, 0.2) is 0 Å². The zero-order chi connectivity index (χ0) is 12.1. The van der Waals surface area contributed by atoms with Gasteiger partial charge in [-0.1, -0.05) is 26.7 Å². The van der Waals surface area contributed by atoms with E-state index in [2.05, 4.69) is 45.1 Å². The molecule has 16 heavy (non-hydrogen) atoms. The number of likely N-dealkylation sites (N-methyl/N-ethyl adjacent to an activating group) is 1. The van der Waals surface area contributed by atoms with Gasteiger partial charge >= 0.3 is 0 Å². The molecule has 0 aromatic heterocycles. The van der Waals surface area contributed by atoms with Crippen LogP contribution in [0.5, 0.6) is 0 Å². The number of hydrogen-bond donors (Lipinski definition) is 1. The third kappa shape index (κ3) is 4.42. The first kappa shape index (κ1) is 14.0. The maximum absolute atomic E-state index is 3.75. The Hall–Kier alpha value is -0.0800. The van der Waals surface area contributed by atoms with E-state index in [0.29, 0.717) is 6.04 Å². The number of rotatable bonds is 5. The van der Waals surface area contributed by atoms with Gasteiger partial charge in [-0.05, 0) is 45.7 Å². The van der Waals surface area contributed by atoms with Gasteiger partial charge in [-0.2, -0.15) is 0 Å². The second kappa shape index (κ2) is 6.61. The van der Waals surface area contributed by atoms with Crippen LogP contribution in [0.15, 0.2) is 0 Å². The highest BCUT2D eigenvalue weighted by Gasteiger charge is 2.23. The second-order valence-corrected chi connectivity index (χ2v) is 6.09. The van der Waals surface area contributed by atoms with Gasteiger partial charge in [0.05, 0.1) is 0 Å². The Morgan fingerprint density at radius 1 is 1.19 bits per heavy atom. The van der Waals surface area contributed by atoms with Crippen LogP contribution >= 0.6 is 0 Å². The summed E-state index contributed by atoms with van der Waals surface area (Å²) in [6.07, 6.45) is 5.62. The van der Waals surface area contributed by atoms with Crippen molar-refractivity contribution in [3.8, 4) is 0 Å². The van der Waals surface area contributed by atoms with Gasteiger partial charge in [0, 0.05) is 18.6 Å². The van der Waals surface area contributed by atoms with Crippen molar-refractivity contribution in [2.24, 2.45) is 11.8 Å². The molecule has 3 atom stereocenters. The Kier molecular flexibility index (Phi) is 5.77. The van der Waals surface area contributed by atoms with Crippen LogP contribution in [0.4, 0.5) is 0 Å². The van der Waals surface area contributed by atoms with E-state index in [0.717, 1.165) is 24.4 Å². The van der Waals surface area contributed by atoms with Crippen molar-refractivity contribution < 1.29 is 0 Å². The quantitative estimate of drug-likeness (QED) is 0.775. The summed E-state index contributed by atoms with van der Waals surface area (Å²) in [4.78, 5) is 2.29. The number of hydrogen-bond acceptors (Lipinski definition) is 2. The Morgan fingerprint density at radius 3 is 2.44 bits per heavy atom. The van der Waals surface area contributed by atoms with E-state index in [1.807, 2.05) is 0 Å². The van der Waals surface area contributed by atoms with E-state index in [4.69, 9.17) is 0 Å². The Bertz CT molecular complexity index is 189. The van der Waals surface area contributed by atoms with Crippen LogP contribution in [0.25, 0.3) is 0 Å². The third-order valence-electron chi connectivity index (χ3n) is 4.24. The summed E-state index contributed by atoms with van der Waals surface area (Å²) < 4.78 is 0. The highest BCUT2D eigenvalue weighted by atomic mass is 15.1. The van der Waals surface area contributed by atoms with Crippen LogP contribution in [0.3, 0.4) is 0 Å². The monoisotopic (exact) mass is 226 g/mol. The molecule has 1 aliphatic carbocycles. The first-order chi connectivity index (χ1) is 7.50. The molecule has 0 aromatic rings. The normalized spacial score (nSPS) is 28.7. The molecule has 0 spiro atoms. The van der Waals surface area contributed by atoms with Gasteiger partial charge in [0.2, 0.25) is 0 Å². The first-order valence-electron chi connectivity index (χ1n) is 6.90. The predicted molar refractivity (Wildman–Crippen MR) is 71.7 cm³/mol. The van der Waals surface area contributed by atoms with Crippen LogP contribution in [0.2, 0.25) is 0 Å². The number of nitrogens with zero attached hydrogens (tertiary/aromatic N) is 1. The Balaban J connectivity index is 2.26. The van der Waals surface area contributed by atoms with Crippen molar-refractivity contribution in [1.82, 2.24) is 10.2 Å². The van der Waals surface area contributed by atoms with E-state index < -0.39 is 0 Å². The van der Waals surface area contributed by atoms with E-state index in [1.54, 1.807) is 0 Å². The van der Waals surface area contributed by atoms with Gasteiger partial charge < -0.3 is 10.2 Å². The molecule has 1 N–H and O–H groups in total. The average molecular weight is 226 g/mol. The summed E-state index contributed by atoms with van der Waals surface area (Å²) in [7, 11) is 4.31. The van der Waals surface area contributed by atoms with Crippen LogP contribution in [0.1, 0.15) is 46.5 Å². The van der Waals surface area contributed by atoms with Crippen LogP contribution < -0.4 is 5.32 Å². The third-order valence-corrected chi connectivity index (χ3v) is 4.24. The van der Waals surface area contributed by atoms with Crippen LogP contribution in [0, 0.1) is 11.8 Å². The van der Waals surface area contributed by atoms with E-state index >= 15 is 0 Å². The minimum atomic E-state index is 0.638. The predicted octanol–water partition coefficient (Wildman–Crippen LogP) is 2.74. The summed E-state index contributed by atoms with van der Waals surface area (Å²) in [5.74, 6) is 1.80. The lowest BCUT2D eigenvalue weighted by Gasteiger charge is -2.33. The van der Waals surface area contributed by atoms with Gasteiger partial charge in [-0.25, -0.2) is 0 Å². The molecule has 0 aromatic carbocycles. The lowest BCUT2D eigenvalue weighted by atomic mass is 9.79. The first-order valence-corrected chi connectivity index (χ1v) is 6.90. The molecule has 1 saturated carbocycles. The molecule has 0 amide bonds. The van der Waals surface area contributed by atoms with Gasteiger partial charge in [0.25, 0.3) is 0 Å². The summed E-state index contributed by atoms with van der Waals surface area (Å²) in [6.45, 7) is 8.16. The van der Waals surface area contributed by atoms with Gasteiger partial charge in [0.1, 0.15) is 0 Å². The van der Waals surface area contributed by atoms with Crippen molar-refractivity contribution >= 4 is 0 Å². The summed E-state index contributed by atoms with van der Waals surface area (Å²) in [5, 5.41) is 3.75. The fourth-order valence-corrected chi connectivity index (χ4v) is 2.54. The molecule has 0 saturated heterocycles. The van der Waals surface area contributed by atoms with Crippen molar-refractivity contribution in [1.29, 1.82) is 0 Å². The second-order valence-electron chi connectivity index (χ2n) is 6.09. The smallest absolute Gasteiger partial charge is 0.0186 e. The average Bonchev–Trinajstić information content (AvgIpc) is 2.26. The van der Waals surface area contributed by atoms with E-state index in [-0.39, 0.29) is 0 Å². The van der Waals surface area contributed by atoms with Crippen LogP contribution in [-0.4, -0.2) is 37.6 Å². The van der Waals surface area contributed by atoms with Crippen LogP contribution in [-0.2, 0) is 0 Å². The minimum Gasteiger partial charge on any atom is -0.312 e. The highest BCUT2D eigenvalue weighted by Crippen LogP contribution is 2.29. The molecule has 96 valence electrons. The molecule has 2 nitrogen and oxygen atoms in total.